The van der Waals surface area contributed by atoms with Crippen molar-refractivity contribution in [3.8, 4) is 11.1 Å². The van der Waals surface area contributed by atoms with Crippen molar-refractivity contribution in [3.63, 3.8) is 0 Å². The first-order valence-electron chi connectivity index (χ1n) is 12.2. The maximum atomic E-state index is 12.1. The molecule has 0 spiro atoms. The molecule has 0 saturated carbocycles. The van der Waals surface area contributed by atoms with Gasteiger partial charge in [-0.15, -0.1) is 0 Å². The number of nitrogens with one attached hydrogen (secondary N) is 1. The molecule has 2 N–H and O–H groups in total. The van der Waals surface area contributed by atoms with Crippen molar-refractivity contribution in [2.45, 2.75) is 45.9 Å². The maximum Gasteiger partial charge on any atom is 0.407 e. The molecule has 4 rings (SSSR count). The highest BCUT2D eigenvalue weighted by molar-refractivity contribution is 5.95. The van der Waals surface area contributed by atoms with E-state index in [2.05, 4.69) is 22.3 Å². The van der Waals surface area contributed by atoms with E-state index in [0.717, 1.165) is 44.5 Å². The van der Waals surface area contributed by atoms with Crippen LogP contribution in [0.4, 0.5) is 10.5 Å². The number of ether oxygens (including phenoxy) is 1. The van der Waals surface area contributed by atoms with Crippen LogP contribution < -0.4 is 10.2 Å². The topological polar surface area (TPSA) is 92.0 Å². The number of alkyl carbamates (subject to hydrolysis) is 1. The summed E-state index contributed by atoms with van der Waals surface area (Å²) in [7, 11) is 1.99. The third-order valence-electron chi connectivity index (χ3n) is 5.92. The van der Waals surface area contributed by atoms with E-state index in [4.69, 9.17) is 9.15 Å². The van der Waals surface area contributed by atoms with Gasteiger partial charge < -0.3 is 24.5 Å². The van der Waals surface area contributed by atoms with Gasteiger partial charge in [0.15, 0.2) is 0 Å². The lowest BCUT2D eigenvalue weighted by Gasteiger charge is -2.22. The normalized spacial score (nSPS) is 11.4. The molecular weight excluding hydrogens is 468 g/mol. The molecule has 1 amide bonds. The van der Waals surface area contributed by atoms with Crippen LogP contribution in [0.3, 0.4) is 0 Å². The molecule has 7 nitrogen and oxygen atoms in total. The highest BCUT2D eigenvalue weighted by atomic mass is 16.6. The number of hydrogen-bond acceptors (Lipinski definition) is 5. The van der Waals surface area contributed by atoms with E-state index in [-0.39, 0.29) is 6.42 Å². The Bertz CT molecular complexity index is 1420. The zero-order valence-electron chi connectivity index (χ0n) is 21.6. The second-order valence-electron chi connectivity index (χ2n) is 10.1. The van der Waals surface area contributed by atoms with Gasteiger partial charge in [0.05, 0.1) is 12.7 Å². The number of carbonyl (C=O) groups is 2. The van der Waals surface area contributed by atoms with Gasteiger partial charge in [-0.2, -0.15) is 0 Å². The number of carboxylic acid groups (broad SMARTS) is 1. The molecule has 0 radical (unpaired) electrons. The van der Waals surface area contributed by atoms with E-state index >= 15 is 0 Å². The number of hydrogen-bond donors (Lipinski definition) is 2. The van der Waals surface area contributed by atoms with E-state index in [9.17, 15) is 14.7 Å². The average molecular weight is 501 g/mol. The molecule has 0 aliphatic rings. The summed E-state index contributed by atoms with van der Waals surface area (Å²) >= 11 is 0. The molecule has 4 aromatic rings. The average Bonchev–Trinajstić information content (AvgIpc) is 3.31. The van der Waals surface area contributed by atoms with Gasteiger partial charge in [0, 0.05) is 36.8 Å². The summed E-state index contributed by atoms with van der Waals surface area (Å²) in [5.41, 5.74) is 5.80. The van der Waals surface area contributed by atoms with Crippen molar-refractivity contribution in [1.29, 1.82) is 0 Å². The van der Waals surface area contributed by atoms with E-state index in [0.29, 0.717) is 13.1 Å². The Hall–Kier alpha value is -4.26. The van der Waals surface area contributed by atoms with Crippen molar-refractivity contribution < 1.29 is 23.8 Å². The standard InChI is InChI=1S/C30H32N2O5/c1-30(2,3)37-29(35)31-18-20-8-7-11-22(14-20)26-17-25(15-23-12-13-36-28(23)26)32(4)19-24-10-6-5-9-21(24)16-27(33)34/h5-15,17H,16,18-19H2,1-4H3,(H,31,35)(H,33,34). The molecule has 3 aromatic carbocycles. The molecule has 192 valence electrons. The summed E-state index contributed by atoms with van der Waals surface area (Å²) < 4.78 is 11.2. The largest absolute Gasteiger partial charge is 0.481 e. The monoisotopic (exact) mass is 500 g/mol. The fraction of sp³-hybridized carbons (Fsp3) is 0.267. The minimum absolute atomic E-state index is 0.0137. The SMILES string of the molecule is CN(Cc1ccccc1CC(=O)O)c1cc(-c2cccc(CNC(=O)OC(C)(C)C)c2)c2occc2c1. The van der Waals surface area contributed by atoms with Crippen LogP contribution in [0.1, 0.15) is 37.5 Å². The highest BCUT2D eigenvalue weighted by Gasteiger charge is 2.17. The molecule has 0 aliphatic heterocycles. The summed E-state index contributed by atoms with van der Waals surface area (Å²) in [5, 5.41) is 13.1. The zero-order chi connectivity index (χ0) is 26.6. The van der Waals surface area contributed by atoms with Crippen LogP contribution in [0.5, 0.6) is 0 Å². The lowest BCUT2D eigenvalue weighted by Crippen LogP contribution is -2.32. The molecule has 1 heterocycles. The molecule has 0 fully saturated rings. The minimum Gasteiger partial charge on any atom is -0.481 e. The lowest BCUT2D eigenvalue weighted by molar-refractivity contribution is -0.136. The van der Waals surface area contributed by atoms with Crippen molar-refractivity contribution in [3.05, 3.63) is 89.7 Å². The van der Waals surface area contributed by atoms with Crippen LogP contribution in [0.15, 0.2) is 77.4 Å². The van der Waals surface area contributed by atoms with Crippen molar-refractivity contribution in [1.82, 2.24) is 5.32 Å². The van der Waals surface area contributed by atoms with Crippen LogP contribution in [-0.2, 0) is 29.0 Å². The fourth-order valence-corrected chi connectivity index (χ4v) is 4.23. The Morgan fingerprint density at radius 1 is 1.00 bits per heavy atom. The van der Waals surface area contributed by atoms with Crippen LogP contribution in [-0.4, -0.2) is 29.8 Å². The number of amides is 1. The first kappa shape index (κ1) is 25.8. The predicted molar refractivity (Wildman–Crippen MR) is 145 cm³/mol. The Kier molecular flexibility index (Phi) is 7.53. The third kappa shape index (κ3) is 6.70. The summed E-state index contributed by atoms with van der Waals surface area (Å²) in [4.78, 5) is 25.5. The number of nitrogens with zero attached hydrogens (tertiary/aromatic N) is 1. The van der Waals surface area contributed by atoms with Crippen LogP contribution in [0.2, 0.25) is 0 Å². The second kappa shape index (κ2) is 10.8. The number of fused-ring (bicyclic) bond motifs is 1. The molecule has 0 unspecified atom stereocenters. The number of rotatable bonds is 8. The van der Waals surface area contributed by atoms with Crippen LogP contribution in [0, 0.1) is 0 Å². The van der Waals surface area contributed by atoms with E-state index in [1.54, 1.807) is 6.26 Å². The predicted octanol–water partition coefficient (Wildman–Crippen LogP) is 6.39. The van der Waals surface area contributed by atoms with Gasteiger partial charge in [0.1, 0.15) is 11.2 Å². The molecule has 0 atom stereocenters. The molecule has 0 saturated heterocycles. The molecule has 0 bridgehead atoms. The summed E-state index contributed by atoms with van der Waals surface area (Å²) in [6.07, 6.45) is 1.20. The first-order chi connectivity index (χ1) is 17.6. The van der Waals surface area contributed by atoms with Gasteiger partial charge in [-0.1, -0.05) is 42.5 Å². The number of anilines is 1. The van der Waals surface area contributed by atoms with Gasteiger partial charge in [-0.3, -0.25) is 4.79 Å². The fourth-order valence-electron chi connectivity index (χ4n) is 4.23. The quantitative estimate of drug-likeness (QED) is 0.291. The Labute approximate surface area is 216 Å². The van der Waals surface area contributed by atoms with Crippen molar-refractivity contribution >= 4 is 28.7 Å². The number of benzene rings is 3. The minimum atomic E-state index is -0.849. The zero-order valence-corrected chi connectivity index (χ0v) is 21.6. The van der Waals surface area contributed by atoms with Gasteiger partial charge in [0.2, 0.25) is 0 Å². The first-order valence-corrected chi connectivity index (χ1v) is 12.2. The smallest absolute Gasteiger partial charge is 0.407 e. The molecule has 0 aliphatic carbocycles. The number of carboxylic acids is 1. The summed E-state index contributed by atoms with van der Waals surface area (Å²) in [6, 6.07) is 21.6. The van der Waals surface area contributed by atoms with E-state index < -0.39 is 17.7 Å². The van der Waals surface area contributed by atoms with Crippen LogP contribution in [0.25, 0.3) is 22.1 Å². The number of carbonyl (C=O) groups excluding carboxylic acids is 1. The van der Waals surface area contributed by atoms with E-state index in [1.165, 1.54) is 0 Å². The van der Waals surface area contributed by atoms with Crippen molar-refractivity contribution in [2.24, 2.45) is 0 Å². The summed E-state index contributed by atoms with van der Waals surface area (Å²) in [6.45, 7) is 6.39. The van der Waals surface area contributed by atoms with Gasteiger partial charge in [0.25, 0.3) is 0 Å². The second-order valence-corrected chi connectivity index (χ2v) is 10.1. The highest BCUT2D eigenvalue weighted by Crippen LogP contribution is 2.35. The van der Waals surface area contributed by atoms with E-state index in [1.807, 2.05) is 82.4 Å². The van der Waals surface area contributed by atoms with Crippen molar-refractivity contribution in [2.75, 3.05) is 11.9 Å². The lowest BCUT2D eigenvalue weighted by atomic mass is 9.99. The number of aliphatic carboxylic acids is 1. The Balaban J connectivity index is 1.60. The molecule has 1 aromatic heterocycles. The van der Waals surface area contributed by atoms with Gasteiger partial charge >= 0.3 is 12.1 Å². The van der Waals surface area contributed by atoms with Gasteiger partial charge in [-0.05, 0) is 67.3 Å². The molecule has 37 heavy (non-hydrogen) atoms. The van der Waals surface area contributed by atoms with Gasteiger partial charge in [-0.25, -0.2) is 4.79 Å². The Morgan fingerprint density at radius 2 is 1.76 bits per heavy atom. The maximum absolute atomic E-state index is 12.1. The van der Waals surface area contributed by atoms with Crippen LogP contribution >= 0.6 is 0 Å². The molecular formula is C30H32N2O5. The summed E-state index contributed by atoms with van der Waals surface area (Å²) in [5.74, 6) is -0.849. The molecule has 7 heteroatoms. The number of furan rings is 1. The Morgan fingerprint density at radius 3 is 2.49 bits per heavy atom. The third-order valence-corrected chi connectivity index (χ3v) is 5.92.